The van der Waals surface area contributed by atoms with Crippen LogP contribution in [0.25, 0.3) is 0 Å². The highest BCUT2D eigenvalue weighted by Gasteiger charge is 2.28. The van der Waals surface area contributed by atoms with Crippen molar-refractivity contribution in [2.75, 3.05) is 13.1 Å². The van der Waals surface area contributed by atoms with Crippen LogP contribution in [-0.2, 0) is 4.79 Å². The third-order valence-corrected chi connectivity index (χ3v) is 3.38. The molecular formula is C13H14N2O5. The summed E-state index contributed by atoms with van der Waals surface area (Å²) in [5.74, 6) is -1.72. The second kappa shape index (κ2) is 5.68. The SMILES string of the molecule is O=C(O)[C@H]1CCCN(C(=O)c2ccc([N+](=O)[O-])cc2)C1. The van der Waals surface area contributed by atoms with E-state index in [2.05, 4.69) is 0 Å². The number of non-ortho nitro benzene ring substituents is 1. The maximum Gasteiger partial charge on any atom is 0.308 e. The second-order valence-electron chi connectivity index (χ2n) is 4.73. The fraction of sp³-hybridized carbons (Fsp3) is 0.385. The van der Waals surface area contributed by atoms with E-state index in [0.717, 1.165) is 0 Å². The number of likely N-dealkylation sites (tertiary alicyclic amines) is 1. The van der Waals surface area contributed by atoms with Crippen LogP contribution in [0.15, 0.2) is 24.3 Å². The maximum atomic E-state index is 12.2. The molecule has 1 aromatic carbocycles. The van der Waals surface area contributed by atoms with Gasteiger partial charge in [0, 0.05) is 30.8 Å². The summed E-state index contributed by atoms with van der Waals surface area (Å²) in [7, 11) is 0. The predicted octanol–water partition coefficient (Wildman–Crippen LogP) is 1.53. The first-order valence-corrected chi connectivity index (χ1v) is 6.25. The lowest BCUT2D eigenvalue weighted by Gasteiger charge is -2.30. The molecule has 1 aliphatic rings. The first kappa shape index (κ1) is 14.0. The number of carboxylic acid groups (broad SMARTS) is 1. The van der Waals surface area contributed by atoms with E-state index in [4.69, 9.17) is 5.11 Å². The number of aliphatic carboxylic acids is 1. The predicted molar refractivity (Wildman–Crippen MR) is 69.4 cm³/mol. The summed E-state index contributed by atoms with van der Waals surface area (Å²) < 4.78 is 0. The number of hydrogen-bond donors (Lipinski definition) is 1. The van der Waals surface area contributed by atoms with Crippen LogP contribution >= 0.6 is 0 Å². The van der Waals surface area contributed by atoms with Crippen molar-refractivity contribution in [2.45, 2.75) is 12.8 Å². The van der Waals surface area contributed by atoms with Crippen molar-refractivity contribution < 1.29 is 19.6 Å². The summed E-state index contributed by atoms with van der Waals surface area (Å²) in [5.41, 5.74) is 0.255. The molecule has 0 bridgehead atoms. The fourth-order valence-electron chi connectivity index (χ4n) is 2.27. The molecule has 0 aromatic heterocycles. The normalized spacial score (nSPS) is 18.6. The zero-order chi connectivity index (χ0) is 14.7. The van der Waals surface area contributed by atoms with Crippen LogP contribution in [0, 0.1) is 16.0 Å². The van der Waals surface area contributed by atoms with Gasteiger partial charge in [0.1, 0.15) is 0 Å². The van der Waals surface area contributed by atoms with Crippen LogP contribution in [0.3, 0.4) is 0 Å². The minimum atomic E-state index is -0.897. The van der Waals surface area contributed by atoms with Gasteiger partial charge in [-0.3, -0.25) is 19.7 Å². The molecule has 1 fully saturated rings. The first-order valence-electron chi connectivity index (χ1n) is 6.25. The summed E-state index contributed by atoms with van der Waals surface area (Å²) in [6.07, 6.45) is 1.22. The van der Waals surface area contributed by atoms with Gasteiger partial charge in [0.25, 0.3) is 11.6 Å². The largest absolute Gasteiger partial charge is 0.481 e. The molecule has 0 saturated carbocycles. The molecule has 7 heteroatoms. The van der Waals surface area contributed by atoms with Crippen LogP contribution in [-0.4, -0.2) is 39.9 Å². The summed E-state index contributed by atoms with van der Waals surface area (Å²) in [6, 6.07) is 5.33. The summed E-state index contributed by atoms with van der Waals surface area (Å²) in [6.45, 7) is 0.699. The summed E-state index contributed by atoms with van der Waals surface area (Å²) in [4.78, 5) is 34.7. The number of nitro groups is 1. The number of carbonyl (C=O) groups excluding carboxylic acids is 1. The minimum Gasteiger partial charge on any atom is -0.481 e. The number of rotatable bonds is 3. The van der Waals surface area contributed by atoms with Crippen LogP contribution in [0.1, 0.15) is 23.2 Å². The Labute approximate surface area is 115 Å². The number of carbonyl (C=O) groups is 2. The zero-order valence-corrected chi connectivity index (χ0v) is 10.7. The lowest BCUT2D eigenvalue weighted by molar-refractivity contribution is -0.384. The molecule has 1 atom stereocenters. The van der Waals surface area contributed by atoms with Crippen molar-refractivity contribution in [3.05, 3.63) is 39.9 Å². The molecule has 20 heavy (non-hydrogen) atoms. The number of benzene rings is 1. The highest BCUT2D eigenvalue weighted by molar-refractivity contribution is 5.94. The minimum absolute atomic E-state index is 0.0800. The van der Waals surface area contributed by atoms with E-state index in [1.165, 1.54) is 29.2 Å². The highest BCUT2D eigenvalue weighted by atomic mass is 16.6. The quantitative estimate of drug-likeness (QED) is 0.667. The second-order valence-corrected chi connectivity index (χ2v) is 4.73. The maximum absolute atomic E-state index is 12.2. The number of carboxylic acids is 1. The number of hydrogen-bond acceptors (Lipinski definition) is 4. The third-order valence-electron chi connectivity index (χ3n) is 3.38. The van der Waals surface area contributed by atoms with Gasteiger partial charge in [0.2, 0.25) is 0 Å². The lowest BCUT2D eigenvalue weighted by Crippen LogP contribution is -2.42. The average Bonchev–Trinajstić information content (AvgIpc) is 2.46. The van der Waals surface area contributed by atoms with Gasteiger partial charge in [-0.15, -0.1) is 0 Å². The topological polar surface area (TPSA) is 101 Å². The lowest BCUT2D eigenvalue weighted by atomic mass is 9.97. The summed E-state index contributed by atoms with van der Waals surface area (Å²) in [5, 5.41) is 19.5. The van der Waals surface area contributed by atoms with Crippen LogP contribution < -0.4 is 0 Å². The van der Waals surface area contributed by atoms with E-state index in [0.29, 0.717) is 24.9 Å². The Bertz CT molecular complexity index is 540. The zero-order valence-electron chi connectivity index (χ0n) is 10.7. The molecule has 1 aromatic rings. The molecule has 1 N–H and O–H groups in total. The molecule has 1 saturated heterocycles. The molecule has 2 rings (SSSR count). The molecule has 7 nitrogen and oxygen atoms in total. The molecule has 0 aliphatic carbocycles. The molecule has 1 amide bonds. The van der Waals surface area contributed by atoms with Crippen LogP contribution in [0.2, 0.25) is 0 Å². The first-order chi connectivity index (χ1) is 9.49. The molecule has 1 aliphatic heterocycles. The van der Waals surface area contributed by atoms with Crippen molar-refractivity contribution in [3.63, 3.8) is 0 Å². The monoisotopic (exact) mass is 278 g/mol. The van der Waals surface area contributed by atoms with Crippen molar-refractivity contribution in [3.8, 4) is 0 Å². The molecular weight excluding hydrogens is 264 g/mol. The molecule has 0 unspecified atom stereocenters. The standard InChI is InChI=1S/C13H14N2O5/c16-12(9-3-5-11(6-4-9)15(19)20)14-7-1-2-10(8-14)13(17)18/h3-6,10H,1-2,7-8H2,(H,17,18)/t10-/m0/s1. The van der Waals surface area contributed by atoms with Gasteiger partial charge in [0.15, 0.2) is 0 Å². The van der Waals surface area contributed by atoms with Gasteiger partial charge in [0.05, 0.1) is 10.8 Å². The molecule has 1 heterocycles. The Morgan fingerprint density at radius 1 is 1.30 bits per heavy atom. The van der Waals surface area contributed by atoms with Gasteiger partial charge in [-0.25, -0.2) is 0 Å². The average molecular weight is 278 g/mol. The van der Waals surface area contributed by atoms with E-state index < -0.39 is 16.8 Å². The van der Waals surface area contributed by atoms with Gasteiger partial charge < -0.3 is 10.0 Å². The Kier molecular flexibility index (Phi) is 3.97. The Balaban J connectivity index is 2.10. The van der Waals surface area contributed by atoms with E-state index >= 15 is 0 Å². The van der Waals surface area contributed by atoms with Crippen molar-refractivity contribution in [1.29, 1.82) is 0 Å². The van der Waals surface area contributed by atoms with E-state index in [-0.39, 0.29) is 18.1 Å². The third kappa shape index (κ3) is 2.93. The van der Waals surface area contributed by atoms with E-state index in [9.17, 15) is 19.7 Å². The molecule has 106 valence electrons. The van der Waals surface area contributed by atoms with Crippen molar-refractivity contribution in [1.82, 2.24) is 4.90 Å². The highest BCUT2D eigenvalue weighted by Crippen LogP contribution is 2.20. The van der Waals surface area contributed by atoms with Crippen molar-refractivity contribution >= 4 is 17.6 Å². The number of nitrogens with zero attached hydrogens (tertiary/aromatic N) is 2. The van der Waals surface area contributed by atoms with E-state index in [1.807, 2.05) is 0 Å². The summed E-state index contributed by atoms with van der Waals surface area (Å²) >= 11 is 0. The Morgan fingerprint density at radius 2 is 1.95 bits per heavy atom. The number of amides is 1. The van der Waals surface area contributed by atoms with Gasteiger partial charge in [-0.2, -0.15) is 0 Å². The van der Waals surface area contributed by atoms with Crippen molar-refractivity contribution in [2.24, 2.45) is 5.92 Å². The van der Waals surface area contributed by atoms with Crippen LogP contribution in [0.4, 0.5) is 5.69 Å². The Morgan fingerprint density at radius 3 is 2.50 bits per heavy atom. The number of nitro benzene ring substituents is 1. The molecule has 0 radical (unpaired) electrons. The number of piperidine rings is 1. The van der Waals surface area contributed by atoms with Gasteiger partial charge >= 0.3 is 5.97 Å². The van der Waals surface area contributed by atoms with Gasteiger partial charge in [-0.1, -0.05) is 0 Å². The Hall–Kier alpha value is -2.44. The molecule has 0 spiro atoms. The van der Waals surface area contributed by atoms with Crippen LogP contribution in [0.5, 0.6) is 0 Å². The van der Waals surface area contributed by atoms with E-state index in [1.54, 1.807) is 0 Å². The fourth-order valence-corrected chi connectivity index (χ4v) is 2.27. The van der Waals surface area contributed by atoms with Gasteiger partial charge in [-0.05, 0) is 25.0 Å². The smallest absolute Gasteiger partial charge is 0.308 e.